The highest BCUT2D eigenvalue weighted by molar-refractivity contribution is 7.81. The van der Waals surface area contributed by atoms with Crippen molar-refractivity contribution < 1.29 is 46.7 Å². The van der Waals surface area contributed by atoms with E-state index in [1.807, 2.05) is 26.8 Å². The number of isothiocyanates is 1. The van der Waals surface area contributed by atoms with Crippen molar-refractivity contribution in [3.05, 3.63) is 159 Å². The number of carbonyl (C=O) groups excluding carboxylic acids is 7. The Kier molecular flexibility index (Phi) is 24.4. The summed E-state index contributed by atoms with van der Waals surface area (Å²) in [4.78, 5) is 88.6. The van der Waals surface area contributed by atoms with Crippen LogP contribution in [0.5, 0.6) is 0 Å². The third-order valence-electron chi connectivity index (χ3n) is 11.1. The van der Waals surface area contributed by atoms with E-state index < -0.39 is 46.3 Å². The Morgan fingerprint density at radius 1 is 0.701 bits per heavy atom. The van der Waals surface area contributed by atoms with Crippen LogP contribution in [0.4, 0.5) is 53.0 Å². The molecular formula is C55H57F3N10O7S2. The molecule has 5 N–H and O–H groups in total. The molecule has 1 fully saturated rings. The zero-order valence-electron chi connectivity index (χ0n) is 44.3. The molecule has 6 rings (SSSR count). The molecule has 17 nitrogen and oxygen atoms in total. The number of Topliss-reactive ketones (excluding diaryl/α,β-unsaturated/α-hetero) is 1. The maximum atomic E-state index is 14.5. The van der Waals surface area contributed by atoms with Crippen LogP contribution in [0.1, 0.15) is 90.7 Å². The van der Waals surface area contributed by atoms with Gasteiger partial charge in [-0.15, -0.1) is 0 Å². The Morgan fingerprint density at radius 3 is 1.53 bits per heavy atom. The fourth-order valence-electron chi connectivity index (χ4n) is 6.83. The summed E-state index contributed by atoms with van der Waals surface area (Å²) in [5, 5.41) is 15.6. The van der Waals surface area contributed by atoms with Gasteiger partial charge in [-0.3, -0.25) is 28.9 Å². The molecule has 5 aromatic carbocycles. The van der Waals surface area contributed by atoms with Gasteiger partial charge in [0, 0.05) is 49.9 Å². The summed E-state index contributed by atoms with van der Waals surface area (Å²) in [6, 6.07) is 23.3. The smallest absolute Gasteiger partial charge is 0.373 e. The van der Waals surface area contributed by atoms with Crippen LogP contribution in [-0.2, 0) is 19.2 Å². The zero-order chi connectivity index (χ0) is 58.5. The van der Waals surface area contributed by atoms with Gasteiger partial charge >= 0.3 is 6.15 Å². The van der Waals surface area contributed by atoms with Crippen LogP contribution >= 0.6 is 24.4 Å². The van der Waals surface area contributed by atoms with E-state index >= 15 is 0 Å². The minimum Gasteiger partial charge on any atom is -0.383 e. The lowest BCUT2D eigenvalue weighted by atomic mass is 10.00. The monoisotopic (exact) mass is 1090 g/mol. The molecule has 0 spiro atoms. The SMILES string of the molecule is CNC(=O)c1ccc(NC(C)(C)C(C)=O)cc1F.CNC(=O)c1ccc(NC(C)C)cc1F.O=C=O.[C-]#[N+]c1ccc(N2C(=O)C(C)(C)N(c3ccc(C(=O)NC)c(F)c3)C2=S)cc1C.[C-]#[N+]c1ccc(N=C=S)cc1C. The first kappa shape index (κ1) is 64.2. The Hall–Kier alpha value is -8.91. The van der Waals surface area contributed by atoms with E-state index in [2.05, 4.69) is 58.6 Å². The fourth-order valence-corrected chi connectivity index (χ4v) is 7.45. The highest BCUT2D eigenvalue weighted by atomic mass is 32.1. The molecule has 402 valence electrons. The van der Waals surface area contributed by atoms with Gasteiger partial charge in [0.1, 0.15) is 23.0 Å². The largest absolute Gasteiger partial charge is 0.383 e. The molecule has 0 unspecified atom stereocenters. The Balaban J connectivity index is 0.000000365. The van der Waals surface area contributed by atoms with Crippen LogP contribution in [-0.4, -0.2) is 84.1 Å². The maximum Gasteiger partial charge on any atom is 0.373 e. The average Bonchev–Trinajstić information content (AvgIpc) is 3.55. The highest BCUT2D eigenvalue weighted by Gasteiger charge is 2.50. The Morgan fingerprint density at radius 2 is 1.13 bits per heavy atom. The van der Waals surface area contributed by atoms with Crippen molar-refractivity contribution in [2.24, 2.45) is 4.99 Å². The first-order valence-corrected chi connectivity index (χ1v) is 23.8. The predicted octanol–water partition coefficient (Wildman–Crippen LogP) is 10.6. The maximum absolute atomic E-state index is 14.5. The van der Waals surface area contributed by atoms with Crippen LogP contribution in [0, 0.1) is 44.4 Å². The van der Waals surface area contributed by atoms with E-state index in [9.17, 15) is 37.1 Å². The molecule has 0 saturated carbocycles. The van der Waals surface area contributed by atoms with Gasteiger partial charge in [0.15, 0.2) is 22.3 Å². The Bertz CT molecular complexity index is 3210. The van der Waals surface area contributed by atoms with Crippen LogP contribution in [0.25, 0.3) is 9.69 Å². The summed E-state index contributed by atoms with van der Waals surface area (Å²) >= 11 is 10.0. The van der Waals surface area contributed by atoms with Crippen molar-refractivity contribution >= 4 is 110 Å². The van der Waals surface area contributed by atoms with E-state index in [0.717, 1.165) is 16.8 Å². The topological polar surface area (TPSA) is 207 Å². The number of ketones is 1. The average molecular weight is 1090 g/mol. The quantitative estimate of drug-likeness (QED) is 0.0476. The van der Waals surface area contributed by atoms with Gasteiger partial charge in [0.25, 0.3) is 23.6 Å². The second kappa shape index (κ2) is 29.3. The minimum absolute atomic E-state index is 0.0244. The van der Waals surface area contributed by atoms with Crippen LogP contribution in [0.15, 0.2) is 96.0 Å². The predicted molar refractivity (Wildman–Crippen MR) is 298 cm³/mol. The van der Waals surface area contributed by atoms with Crippen molar-refractivity contribution in [3.63, 3.8) is 0 Å². The number of thiocarbonyl (C=S) groups is 2. The van der Waals surface area contributed by atoms with E-state index in [-0.39, 0.29) is 45.7 Å². The third kappa shape index (κ3) is 17.3. The van der Waals surface area contributed by atoms with Gasteiger partial charge < -0.3 is 31.5 Å². The number of rotatable bonds is 11. The van der Waals surface area contributed by atoms with Crippen molar-refractivity contribution in [2.45, 2.75) is 79.4 Å². The van der Waals surface area contributed by atoms with Gasteiger partial charge in [-0.1, -0.05) is 12.1 Å². The van der Waals surface area contributed by atoms with E-state index in [4.69, 9.17) is 35.0 Å². The van der Waals surface area contributed by atoms with Crippen LogP contribution in [0.3, 0.4) is 0 Å². The number of hydrogen-bond donors (Lipinski definition) is 5. The molecule has 0 atom stereocenters. The molecule has 1 aliphatic heterocycles. The third-order valence-corrected chi connectivity index (χ3v) is 11.5. The molecule has 0 radical (unpaired) electrons. The number of halogens is 3. The molecule has 5 aromatic rings. The number of aryl methyl sites for hydroxylation is 2. The highest BCUT2D eigenvalue weighted by Crippen LogP contribution is 2.38. The van der Waals surface area contributed by atoms with E-state index in [1.165, 1.54) is 69.4 Å². The first-order valence-electron chi connectivity index (χ1n) is 23.0. The summed E-state index contributed by atoms with van der Waals surface area (Å²) in [5.74, 6) is -3.60. The lowest BCUT2D eigenvalue weighted by molar-refractivity contribution is -0.191. The standard InChI is InChI=1S/C21H19FN4O2S.C13H17FN2O2.C11H15FN2O.C9H6N2S.CO2/c1-12-10-13(7-9-17(12)23-4)25-19(28)21(2,3)26(20(25)29)14-6-8-15(16(22)11-14)18(27)24-5;1-8(17)13(2,3)16-9-5-6-10(11(14)7-9)12(18)15-4;1-7(2)14-8-4-5-9(10(12)6-8)11(15)13-3;1-7-5-8(11-6-12)3-4-9(7)10-2;2-1-3/h6-11H,1-3,5H3,(H,24,27);5-7,16H,1-4H3,(H,15,18);4-7,14H,1-3H3,(H,13,15);3-5H,1H3;. The van der Waals surface area contributed by atoms with Gasteiger partial charge in [0.05, 0.1) is 46.2 Å². The summed E-state index contributed by atoms with van der Waals surface area (Å²) < 4.78 is 41.6. The molecule has 1 aliphatic rings. The Labute approximate surface area is 456 Å². The van der Waals surface area contributed by atoms with Crippen molar-refractivity contribution in [1.29, 1.82) is 0 Å². The summed E-state index contributed by atoms with van der Waals surface area (Å²) in [6.45, 7) is 29.9. The number of hydrogen-bond acceptors (Lipinski definition) is 12. The molecule has 1 heterocycles. The normalized spacial score (nSPS) is 11.8. The molecule has 22 heteroatoms. The summed E-state index contributed by atoms with van der Waals surface area (Å²) in [7, 11) is 4.33. The molecule has 1 saturated heterocycles. The molecule has 77 heavy (non-hydrogen) atoms. The lowest BCUT2D eigenvalue weighted by Crippen LogP contribution is -2.44. The van der Waals surface area contributed by atoms with Crippen molar-refractivity contribution in [1.82, 2.24) is 16.0 Å². The second-order valence-corrected chi connectivity index (χ2v) is 18.2. The fraction of sp³-hybridized carbons (Fsp3) is 0.273. The van der Waals surface area contributed by atoms with Gasteiger partial charge in [-0.25, -0.2) is 22.9 Å². The number of nitrogens with one attached hydrogen (secondary N) is 5. The first-order chi connectivity index (χ1) is 36.1. The van der Waals surface area contributed by atoms with Crippen molar-refractivity contribution in [3.8, 4) is 0 Å². The second-order valence-electron chi connectivity index (χ2n) is 17.7. The van der Waals surface area contributed by atoms with Gasteiger partial charge in [0.2, 0.25) is 0 Å². The summed E-state index contributed by atoms with van der Waals surface area (Å²) in [5.41, 5.74) is 3.69. The van der Waals surface area contributed by atoms with Gasteiger partial charge in [-0.2, -0.15) is 14.6 Å². The molecule has 0 aliphatic carbocycles. The number of nitrogens with zero attached hydrogens (tertiary/aromatic N) is 5. The van der Waals surface area contributed by atoms with Gasteiger partial charge in [-0.05, 0) is 177 Å². The minimum atomic E-state index is -1.07. The number of carbonyl (C=O) groups is 5. The number of aliphatic imine (C=N–C) groups is 1. The molecule has 0 bridgehead atoms. The van der Waals surface area contributed by atoms with E-state index in [1.54, 1.807) is 88.0 Å². The van der Waals surface area contributed by atoms with Crippen LogP contribution < -0.4 is 36.4 Å². The molecular weight excluding hydrogens is 1030 g/mol. The molecule has 4 amide bonds. The lowest BCUT2D eigenvalue weighted by Gasteiger charge is -2.29. The number of amides is 4. The zero-order valence-corrected chi connectivity index (χ0v) is 45.9. The number of anilines is 4. The number of benzene rings is 5. The summed E-state index contributed by atoms with van der Waals surface area (Å²) in [6.07, 6.45) is 0.250. The van der Waals surface area contributed by atoms with Crippen LogP contribution in [0.2, 0.25) is 0 Å². The van der Waals surface area contributed by atoms with E-state index in [0.29, 0.717) is 34.1 Å². The van der Waals surface area contributed by atoms with Crippen molar-refractivity contribution in [2.75, 3.05) is 41.6 Å². The molecule has 0 aromatic heterocycles.